The zero-order valence-electron chi connectivity index (χ0n) is 24.7. The summed E-state index contributed by atoms with van der Waals surface area (Å²) in [6, 6.07) is 4.37. The molecule has 0 aromatic carbocycles. The van der Waals surface area contributed by atoms with Gasteiger partial charge in [-0.2, -0.15) is 10.5 Å². The number of Topliss-reactive ketones (excluding diaryl/α,β-unsaturated/α-hetero) is 2. The third-order valence-corrected chi connectivity index (χ3v) is 12.5. The molecule has 0 amide bonds. The number of fused-ring (bicyclic) bond motifs is 5. The Morgan fingerprint density at radius 2 is 1.50 bits per heavy atom. The first-order valence-corrected chi connectivity index (χ1v) is 14.8. The van der Waals surface area contributed by atoms with Crippen LogP contribution in [0.1, 0.15) is 113 Å². The SMILES string of the molecule is CC1(C)CCC2C(=O)C[C@@H]3[C@@]4(C)C=C(C#N)C(=O)C(C)(C)[C@@H]4CC[C@@]3(C)[C@]2(C)CC[C@@H](C(O)CC#N)CC1. The standard InChI is InChI=1S/C33H48N2O3/c1-29(2)13-8-21(24(36)12-17-34)9-15-32(6)23(10-14-29)25(37)18-27-31(5)19-22(20-35)28(38)30(3,4)26(31)11-16-33(27,32)7/h19,21,23-24,26-27,36H,8-16,18H2,1-7H3/t21-,23?,24?,26-,27+,31-,32+,33+/m0/s1. The summed E-state index contributed by atoms with van der Waals surface area (Å²) >= 11 is 0. The van der Waals surface area contributed by atoms with Gasteiger partial charge in [-0.25, -0.2) is 0 Å². The summed E-state index contributed by atoms with van der Waals surface area (Å²) in [5, 5.41) is 30.1. The molecular formula is C33H48N2O3. The number of nitriles is 2. The number of aliphatic hydroxyl groups excluding tert-OH is 1. The lowest BCUT2D eigenvalue weighted by Crippen LogP contribution is -2.65. The molecule has 4 aliphatic carbocycles. The smallest absolute Gasteiger partial charge is 0.178 e. The largest absolute Gasteiger partial charge is 0.392 e. The fourth-order valence-electron chi connectivity index (χ4n) is 9.84. The van der Waals surface area contributed by atoms with E-state index in [4.69, 9.17) is 0 Å². The topological polar surface area (TPSA) is 102 Å². The summed E-state index contributed by atoms with van der Waals surface area (Å²) in [6.07, 6.45) is 9.23. The van der Waals surface area contributed by atoms with Crippen molar-refractivity contribution in [3.63, 3.8) is 0 Å². The van der Waals surface area contributed by atoms with Crippen LogP contribution in [0.4, 0.5) is 0 Å². The molecule has 0 aromatic heterocycles. The maximum Gasteiger partial charge on any atom is 0.178 e. The lowest BCUT2D eigenvalue weighted by Gasteiger charge is -2.68. The van der Waals surface area contributed by atoms with Crippen LogP contribution in [0.2, 0.25) is 0 Å². The van der Waals surface area contributed by atoms with Gasteiger partial charge in [0, 0.05) is 17.8 Å². The summed E-state index contributed by atoms with van der Waals surface area (Å²) < 4.78 is 0. The molecule has 38 heavy (non-hydrogen) atoms. The maximum atomic E-state index is 14.2. The van der Waals surface area contributed by atoms with Crippen molar-refractivity contribution in [2.24, 2.45) is 50.7 Å². The molecule has 2 unspecified atom stereocenters. The van der Waals surface area contributed by atoms with Gasteiger partial charge < -0.3 is 5.11 Å². The normalized spacial score (nSPS) is 43.3. The highest BCUT2D eigenvalue weighted by Crippen LogP contribution is 2.72. The lowest BCUT2D eigenvalue weighted by atomic mass is 9.35. The van der Waals surface area contributed by atoms with Gasteiger partial charge in [-0.15, -0.1) is 0 Å². The van der Waals surface area contributed by atoms with E-state index in [0.29, 0.717) is 12.2 Å². The molecule has 4 aliphatic rings. The van der Waals surface area contributed by atoms with E-state index >= 15 is 0 Å². The van der Waals surface area contributed by atoms with Crippen molar-refractivity contribution in [3.8, 4) is 12.1 Å². The molecule has 3 saturated carbocycles. The molecule has 4 rings (SSSR count). The quantitative estimate of drug-likeness (QED) is 0.424. The van der Waals surface area contributed by atoms with Gasteiger partial charge in [-0.3, -0.25) is 9.59 Å². The first-order chi connectivity index (χ1) is 17.6. The number of aliphatic hydroxyl groups is 1. The minimum atomic E-state index is -0.639. The number of hydrogen-bond acceptors (Lipinski definition) is 5. The second-order valence-corrected chi connectivity index (χ2v) is 15.3. The van der Waals surface area contributed by atoms with Gasteiger partial charge in [0.15, 0.2) is 5.78 Å². The van der Waals surface area contributed by atoms with Gasteiger partial charge in [0.05, 0.1) is 24.2 Å². The predicted octanol–water partition coefficient (Wildman–Crippen LogP) is 6.95. The minimum absolute atomic E-state index is 0.0346. The molecule has 0 bridgehead atoms. The molecular weight excluding hydrogens is 472 g/mol. The van der Waals surface area contributed by atoms with Crippen LogP contribution in [0.5, 0.6) is 0 Å². The number of ketones is 2. The van der Waals surface area contributed by atoms with Crippen molar-refractivity contribution in [1.82, 2.24) is 0 Å². The molecule has 5 nitrogen and oxygen atoms in total. The van der Waals surface area contributed by atoms with Crippen molar-refractivity contribution in [2.45, 2.75) is 119 Å². The van der Waals surface area contributed by atoms with E-state index in [1.165, 1.54) is 0 Å². The second-order valence-electron chi connectivity index (χ2n) is 15.3. The third kappa shape index (κ3) is 4.29. The van der Waals surface area contributed by atoms with Gasteiger partial charge in [0.25, 0.3) is 0 Å². The van der Waals surface area contributed by atoms with Crippen molar-refractivity contribution in [2.75, 3.05) is 0 Å². The highest BCUT2D eigenvalue weighted by atomic mass is 16.3. The average Bonchev–Trinajstić information content (AvgIpc) is 2.83. The van der Waals surface area contributed by atoms with Crippen LogP contribution in [0.25, 0.3) is 0 Å². The number of rotatable bonds is 2. The van der Waals surface area contributed by atoms with Gasteiger partial charge in [0.2, 0.25) is 0 Å². The molecule has 0 radical (unpaired) electrons. The minimum Gasteiger partial charge on any atom is -0.392 e. The molecule has 0 saturated heterocycles. The molecule has 0 heterocycles. The zero-order valence-corrected chi connectivity index (χ0v) is 24.7. The monoisotopic (exact) mass is 520 g/mol. The first kappa shape index (κ1) is 29.0. The van der Waals surface area contributed by atoms with Crippen molar-refractivity contribution < 1.29 is 14.7 Å². The fourth-order valence-corrected chi connectivity index (χ4v) is 9.84. The van der Waals surface area contributed by atoms with Crippen LogP contribution in [0.3, 0.4) is 0 Å². The Morgan fingerprint density at radius 1 is 0.895 bits per heavy atom. The van der Waals surface area contributed by atoms with E-state index in [1.807, 2.05) is 19.9 Å². The summed E-state index contributed by atoms with van der Waals surface area (Å²) in [5.41, 5.74) is -1.12. The predicted molar refractivity (Wildman–Crippen MR) is 147 cm³/mol. The van der Waals surface area contributed by atoms with E-state index in [1.54, 1.807) is 0 Å². The van der Waals surface area contributed by atoms with Crippen LogP contribution in [0, 0.1) is 73.4 Å². The van der Waals surface area contributed by atoms with E-state index in [0.717, 1.165) is 51.4 Å². The molecule has 0 spiro atoms. The fraction of sp³-hybridized carbons (Fsp3) is 0.818. The van der Waals surface area contributed by atoms with Crippen LogP contribution >= 0.6 is 0 Å². The first-order valence-electron chi connectivity index (χ1n) is 14.8. The van der Waals surface area contributed by atoms with E-state index in [2.05, 4.69) is 46.8 Å². The number of allylic oxidation sites excluding steroid dienone is 2. The van der Waals surface area contributed by atoms with E-state index in [9.17, 15) is 25.2 Å². The molecule has 3 fully saturated rings. The third-order valence-electron chi connectivity index (χ3n) is 12.5. The summed E-state index contributed by atoms with van der Waals surface area (Å²) in [4.78, 5) is 27.4. The van der Waals surface area contributed by atoms with Crippen LogP contribution in [-0.2, 0) is 9.59 Å². The van der Waals surface area contributed by atoms with E-state index in [-0.39, 0.29) is 57.7 Å². The highest BCUT2D eigenvalue weighted by Gasteiger charge is 2.68. The summed E-state index contributed by atoms with van der Waals surface area (Å²) in [7, 11) is 0. The van der Waals surface area contributed by atoms with Crippen molar-refractivity contribution >= 4 is 11.6 Å². The van der Waals surface area contributed by atoms with Gasteiger partial charge in [-0.05, 0) is 90.8 Å². The number of carbonyl (C=O) groups is 2. The number of nitrogens with zero attached hydrogens (tertiary/aromatic N) is 2. The molecule has 1 N–H and O–H groups in total. The molecule has 5 heteroatoms. The molecule has 0 aliphatic heterocycles. The van der Waals surface area contributed by atoms with Gasteiger partial charge in [-0.1, -0.05) is 54.5 Å². The van der Waals surface area contributed by atoms with Crippen LogP contribution in [-0.4, -0.2) is 22.8 Å². The molecule has 208 valence electrons. The van der Waals surface area contributed by atoms with Crippen LogP contribution < -0.4 is 0 Å². The average molecular weight is 521 g/mol. The molecule has 0 aromatic rings. The summed E-state index contributed by atoms with van der Waals surface area (Å²) in [6.45, 7) is 15.5. The zero-order chi connectivity index (χ0) is 28.3. The Labute approximate surface area is 230 Å². The summed E-state index contributed by atoms with van der Waals surface area (Å²) in [5.74, 6) is 0.432. The van der Waals surface area contributed by atoms with E-state index < -0.39 is 16.9 Å². The number of hydrogen-bond donors (Lipinski definition) is 1. The van der Waals surface area contributed by atoms with Crippen LogP contribution in [0.15, 0.2) is 11.6 Å². The molecule has 8 atom stereocenters. The lowest BCUT2D eigenvalue weighted by molar-refractivity contribution is -0.191. The maximum absolute atomic E-state index is 14.2. The Kier molecular flexibility index (Phi) is 7.32. The van der Waals surface area contributed by atoms with Gasteiger partial charge in [0.1, 0.15) is 11.9 Å². The number of carbonyl (C=O) groups excluding carboxylic acids is 2. The second kappa shape index (κ2) is 9.59. The Hall–Kier alpha value is -1.98. The Morgan fingerprint density at radius 3 is 2.13 bits per heavy atom. The van der Waals surface area contributed by atoms with Gasteiger partial charge >= 0.3 is 0 Å². The Balaban J connectivity index is 1.82. The van der Waals surface area contributed by atoms with Crippen molar-refractivity contribution in [1.29, 1.82) is 10.5 Å². The Bertz CT molecular complexity index is 1110. The van der Waals surface area contributed by atoms with Crippen molar-refractivity contribution in [3.05, 3.63) is 11.6 Å². The highest BCUT2D eigenvalue weighted by molar-refractivity contribution is 6.04.